The molecule has 1 aromatic carbocycles. The standard InChI is InChI=1S/C15H22FNO2.C2H2O4/c1-12(9-17-10-13-5-4-8-18-13)11-19-15-7-3-2-6-14(15)16;3-1(4)2(5)6/h2-3,6-7,12-13,17H,4-5,8-11H2,1H3;(H,3,4)(H,5,6). The van der Waals surface area contributed by atoms with E-state index in [1.807, 2.05) is 0 Å². The summed E-state index contributed by atoms with van der Waals surface area (Å²) in [6.45, 7) is 5.24. The van der Waals surface area contributed by atoms with Crippen LogP contribution in [-0.2, 0) is 14.3 Å². The maximum absolute atomic E-state index is 13.3. The molecule has 1 saturated heterocycles. The van der Waals surface area contributed by atoms with Crippen LogP contribution in [0.1, 0.15) is 19.8 Å². The number of hydrogen-bond donors (Lipinski definition) is 3. The molecule has 1 aromatic rings. The highest BCUT2D eigenvalue weighted by Gasteiger charge is 2.15. The summed E-state index contributed by atoms with van der Waals surface area (Å²) in [5.74, 6) is -3.29. The Morgan fingerprint density at radius 1 is 1.36 bits per heavy atom. The second-order valence-electron chi connectivity index (χ2n) is 5.75. The summed E-state index contributed by atoms with van der Waals surface area (Å²) in [6, 6.07) is 6.51. The molecule has 2 rings (SSSR count). The van der Waals surface area contributed by atoms with Crippen molar-refractivity contribution in [3.63, 3.8) is 0 Å². The summed E-state index contributed by atoms with van der Waals surface area (Å²) in [4.78, 5) is 18.2. The van der Waals surface area contributed by atoms with Crippen LogP contribution >= 0.6 is 0 Å². The van der Waals surface area contributed by atoms with Gasteiger partial charge in [-0.05, 0) is 25.0 Å². The number of hydrogen-bond acceptors (Lipinski definition) is 5. The molecule has 0 amide bonds. The number of rotatable bonds is 7. The Kier molecular flexibility index (Phi) is 9.49. The zero-order valence-electron chi connectivity index (χ0n) is 14.1. The zero-order valence-corrected chi connectivity index (χ0v) is 14.1. The summed E-state index contributed by atoms with van der Waals surface area (Å²) in [5, 5.41) is 18.2. The van der Waals surface area contributed by atoms with E-state index in [4.69, 9.17) is 29.3 Å². The van der Waals surface area contributed by atoms with Crippen molar-refractivity contribution in [2.24, 2.45) is 5.92 Å². The van der Waals surface area contributed by atoms with Crippen LogP contribution in [0.4, 0.5) is 4.39 Å². The van der Waals surface area contributed by atoms with Crippen LogP contribution in [0.15, 0.2) is 24.3 Å². The molecule has 1 heterocycles. The molecule has 0 aromatic heterocycles. The van der Waals surface area contributed by atoms with Gasteiger partial charge in [-0.2, -0.15) is 0 Å². The summed E-state index contributed by atoms with van der Waals surface area (Å²) in [6.07, 6.45) is 2.67. The van der Waals surface area contributed by atoms with Crippen LogP contribution in [0.25, 0.3) is 0 Å². The van der Waals surface area contributed by atoms with Gasteiger partial charge in [-0.1, -0.05) is 19.1 Å². The average Bonchev–Trinajstić information content (AvgIpc) is 3.08. The second-order valence-corrected chi connectivity index (χ2v) is 5.75. The molecular weight excluding hydrogens is 333 g/mol. The average molecular weight is 357 g/mol. The molecule has 140 valence electrons. The zero-order chi connectivity index (χ0) is 18.7. The van der Waals surface area contributed by atoms with E-state index in [2.05, 4.69) is 12.2 Å². The minimum Gasteiger partial charge on any atom is -0.490 e. The minimum absolute atomic E-state index is 0.304. The van der Waals surface area contributed by atoms with E-state index in [1.165, 1.54) is 6.07 Å². The lowest BCUT2D eigenvalue weighted by Gasteiger charge is -2.16. The topological polar surface area (TPSA) is 105 Å². The third kappa shape index (κ3) is 9.02. The molecule has 0 saturated carbocycles. The van der Waals surface area contributed by atoms with Gasteiger partial charge in [-0.25, -0.2) is 14.0 Å². The molecule has 0 aliphatic carbocycles. The molecule has 1 aliphatic heterocycles. The van der Waals surface area contributed by atoms with Gasteiger partial charge in [0.05, 0.1) is 12.7 Å². The summed E-state index contributed by atoms with van der Waals surface area (Å²) < 4.78 is 24.4. The van der Waals surface area contributed by atoms with E-state index in [1.54, 1.807) is 18.2 Å². The Balaban J connectivity index is 0.000000450. The fraction of sp³-hybridized carbons (Fsp3) is 0.529. The number of carbonyl (C=O) groups is 2. The molecule has 25 heavy (non-hydrogen) atoms. The third-order valence-corrected chi connectivity index (χ3v) is 3.43. The highest BCUT2D eigenvalue weighted by molar-refractivity contribution is 6.27. The SMILES string of the molecule is CC(CNCC1CCCO1)COc1ccccc1F.O=C(O)C(=O)O. The first-order valence-corrected chi connectivity index (χ1v) is 8.06. The molecule has 1 fully saturated rings. The van der Waals surface area contributed by atoms with Gasteiger partial charge in [0.2, 0.25) is 0 Å². The maximum atomic E-state index is 13.3. The first-order valence-electron chi connectivity index (χ1n) is 8.06. The molecular formula is C17H24FNO6. The number of carboxylic acid groups (broad SMARTS) is 2. The van der Waals surface area contributed by atoms with Crippen LogP contribution in [0.5, 0.6) is 5.75 Å². The second kappa shape index (κ2) is 11.4. The van der Waals surface area contributed by atoms with Crippen molar-refractivity contribution in [2.45, 2.75) is 25.9 Å². The van der Waals surface area contributed by atoms with Crippen LogP contribution < -0.4 is 10.1 Å². The quantitative estimate of drug-likeness (QED) is 0.639. The molecule has 0 bridgehead atoms. The smallest absolute Gasteiger partial charge is 0.414 e. The minimum atomic E-state index is -1.82. The highest BCUT2D eigenvalue weighted by Crippen LogP contribution is 2.16. The van der Waals surface area contributed by atoms with E-state index in [0.29, 0.717) is 24.4 Å². The molecule has 8 heteroatoms. The number of halogens is 1. The van der Waals surface area contributed by atoms with Crippen molar-refractivity contribution in [1.29, 1.82) is 0 Å². The molecule has 2 atom stereocenters. The molecule has 1 aliphatic rings. The van der Waals surface area contributed by atoms with Crippen molar-refractivity contribution in [2.75, 3.05) is 26.3 Å². The summed E-state index contributed by atoms with van der Waals surface area (Å²) in [5.41, 5.74) is 0. The van der Waals surface area contributed by atoms with Crippen molar-refractivity contribution >= 4 is 11.9 Å². The molecule has 7 nitrogen and oxygen atoms in total. The van der Waals surface area contributed by atoms with Crippen molar-refractivity contribution < 1.29 is 33.7 Å². The van der Waals surface area contributed by atoms with Crippen molar-refractivity contribution in [3.05, 3.63) is 30.1 Å². The number of carboxylic acids is 2. The third-order valence-electron chi connectivity index (χ3n) is 3.43. The maximum Gasteiger partial charge on any atom is 0.414 e. The van der Waals surface area contributed by atoms with Gasteiger partial charge < -0.3 is 25.0 Å². The first-order chi connectivity index (χ1) is 11.9. The normalized spacial score (nSPS) is 17.3. The van der Waals surface area contributed by atoms with E-state index in [-0.39, 0.29) is 5.82 Å². The fourth-order valence-electron chi connectivity index (χ4n) is 2.15. The van der Waals surface area contributed by atoms with Crippen molar-refractivity contribution in [3.8, 4) is 5.75 Å². The molecule has 0 radical (unpaired) electrons. The van der Waals surface area contributed by atoms with E-state index >= 15 is 0 Å². The predicted octanol–water partition coefficient (Wildman–Crippen LogP) is 1.76. The summed E-state index contributed by atoms with van der Waals surface area (Å²) in [7, 11) is 0. The molecule has 3 N–H and O–H groups in total. The number of ether oxygens (including phenoxy) is 2. The van der Waals surface area contributed by atoms with E-state index < -0.39 is 11.9 Å². The number of benzene rings is 1. The van der Waals surface area contributed by atoms with Crippen LogP contribution in [-0.4, -0.2) is 54.6 Å². The van der Waals surface area contributed by atoms with Crippen LogP contribution in [0.2, 0.25) is 0 Å². The lowest BCUT2D eigenvalue weighted by atomic mass is 10.2. The number of nitrogens with one attached hydrogen (secondary N) is 1. The Hall–Kier alpha value is -2.19. The first kappa shape index (κ1) is 20.9. The van der Waals surface area contributed by atoms with Crippen LogP contribution in [0.3, 0.4) is 0 Å². The van der Waals surface area contributed by atoms with Crippen LogP contribution in [0, 0.1) is 11.7 Å². The van der Waals surface area contributed by atoms with E-state index in [0.717, 1.165) is 32.5 Å². The van der Waals surface area contributed by atoms with Crippen molar-refractivity contribution in [1.82, 2.24) is 5.32 Å². The Morgan fingerprint density at radius 2 is 2.04 bits per heavy atom. The van der Waals surface area contributed by atoms with Gasteiger partial charge in [-0.3, -0.25) is 0 Å². The molecule has 2 unspecified atom stereocenters. The summed E-state index contributed by atoms with van der Waals surface area (Å²) >= 11 is 0. The van der Waals surface area contributed by atoms with E-state index in [9.17, 15) is 4.39 Å². The Labute approximate surface area is 145 Å². The number of para-hydroxylation sites is 1. The fourth-order valence-corrected chi connectivity index (χ4v) is 2.15. The lowest BCUT2D eigenvalue weighted by Crippen LogP contribution is -2.31. The van der Waals surface area contributed by atoms with Gasteiger partial charge in [0.15, 0.2) is 11.6 Å². The Bertz CT molecular complexity index is 536. The van der Waals surface area contributed by atoms with Gasteiger partial charge in [0, 0.05) is 25.6 Å². The predicted molar refractivity (Wildman–Crippen MR) is 88.2 cm³/mol. The lowest BCUT2D eigenvalue weighted by molar-refractivity contribution is -0.159. The largest absolute Gasteiger partial charge is 0.490 e. The highest BCUT2D eigenvalue weighted by atomic mass is 19.1. The number of aliphatic carboxylic acids is 2. The van der Waals surface area contributed by atoms with Gasteiger partial charge in [0.25, 0.3) is 0 Å². The monoisotopic (exact) mass is 357 g/mol. The van der Waals surface area contributed by atoms with Gasteiger partial charge >= 0.3 is 11.9 Å². The van der Waals surface area contributed by atoms with Gasteiger partial charge in [0.1, 0.15) is 0 Å². The van der Waals surface area contributed by atoms with Gasteiger partial charge in [-0.15, -0.1) is 0 Å². The molecule has 0 spiro atoms. The Morgan fingerprint density at radius 3 is 2.60 bits per heavy atom.